The maximum Gasteiger partial charge on any atom is 0.303 e. The molecule has 1 aliphatic rings. The molecule has 1 aliphatic heterocycles. The summed E-state index contributed by atoms with van der Waals surface area (Å²) in [6.07, 6.45) is 5.03. The van der Waals surface area contributed by atoms with E-state index in [2.05, 4.69) is 9.88 Å². The quantitative estimate of drug-likeness (QED) is 0.909. The first-order valence-corrected chi connectivity index (χ1v) is 6.62. The summed E-state index contributed by atoms with van der Waals surface area (Å²) >= 11 is 0. The largest absolute Gasteiger partial charge is 0.481 e. The molecular formula is C14H19FN2O2. The Morgan fingerprint density at radius 3 is 3.11 bits per heavy atom. The summed E-state index contributed by atoms with van der Waals surface area (Å²) in [6.45, 7) is 3.69. The Balaban J connectivity index is 2.02. The average molecular weight is 266 g/mol. The Labute approximate surface area is 112 Å². The van der Waals surface area contributed by atoms with Crippen molar-refractivity contribution in [2.75, 3.05) is 13.1 Å². The number of aliphatic carboxylic acids is 1. The number of halogens is 1. The first-order valence-electron chi connectivity index (χ1n) is 6.62. The van der Waals surface area contributed by atoms with E-state index in [1.165, 1.54) is 12.3 Å². The summed E-state index contributed by atoms with van der Waals surface area (Å²) in [4.78, 5) is 16.9. The summed E-state index contributed by atoms with van der Waals surface area (Å²) in [5.41, 5.74) is 0.843. The van der Waals surface area contributed by atoms with Gasteiger partial charge >= 0.3 is 5.97 Å². The van der Waals surface area contributed by atoms with Crippen LogP contribution in [0.1, 0.15) is 37.8 Å². The molecule has 19 heavy (non-hydrogen) atoms. The van der Waals surface area contributed by atoms with E-state index in [4.69, 9.17) is 5.11 Å². The zero-order chi connectivity index (χ0) is 13.8. The van der Waals surface area contributed by atoms with Gasteiger partial charge in [-0.1, -0.05) is 0 Å². The molecular weight excluding hydrogens is 247 g/mol. The zero-order valence-electron chi connectivity index (χ0n) is 11.1. The molecule has 0 spiro atoms. The highest BCUT2D eigenvalue weighted by atomic mass is 19.1. The number of piperidine rings is 1. The number of pyridine rings is 1. The van der Waals surface area contributed by atoms with E-state index in [-0.39, 0.29) is 24.2 Å². The predicted octanol–water partition coefficient (Wildman–Crippen LogP) is 2.47. The molecule has 0 radical (unpaired) electrons. The molecule has 2 unspecified atom stereocenters. The Bertz CT molecular complexity index is 453. The highest BCUT2D eigenvalue weighted by molar-refractivity contribution is 5.67. The summed E-state index contributed by atoms with van der Waals surface area (Å²) in [5, 5.41) is 8.87. The lowest BCUT2D eigenvalue weighted by Crippen LogP contribution is -2.38. The normalized spacial score (nSPS) is 22.1. The summed E-state index contributed by atoms with van der Waals surface area (Å²) in [6, 6.07) is 1.57. The van der Waals surface area contributed by atoms with Crippen LogP contribution in [-0.4, -0.2) is 34.0 Å². The Morgan fingerprint density at radius 1 is 1.63 bits per heavy atom. The number of carboxylic acids is 1. The van der Waals surface area contributed by atoms with Gasteiger partial charge in [0.1, 0.15) is 5.82 Å². The van der Waals surface area contributed by atoms with Crippen LogP contribution in [-0.2, 0) is 4.79 Å². The second-order valence-electron chi connectivity index (χ2n) is 5.21. The Kier molecular flexibility index (Phi) is 4.47. The average Bonchev–Trinajstić information content (AvgIpc) is 2.37. The van der Waals surface area contributed by atoms with Crippen LogP contribution in [0.25, 0.3) is 0 Å². The van der Waals surface area contributed by atoms with E-state index in [9.17, 15) is 9.18 Å². The predicted molar refractivity (Wildman–Crippen MR) is 69.2 cm³/mol. The Hall–Kier alpha value is -1.49. The summed E-state index contributed by atoms with van der Waals surface area (Å²) < 4.78 is 13.2. The van der Waals surface area contributed by atoms with Gasteiger partial charge in [-0.15, -0.1) is 0 Å². The van der Waals surface area contributed by atoms with Crippen molar-refractivity contribution >= 4 is 5.97 Å². The van der Waals surface area contributed by atoms with Gasteiger partial charge in [-0.05, 0) is 43.9 Å². The second kappa shape index (κ2) is 6.10. The molecule has 2 atom stereocenters. The van der Waals surface area contributed by atoms with Gasteiger partial charge in [0.2, 0.25) is 0 Å². The number of likely N-dealkylation sites (tertiary alicyclic amines) is 1. The molecule has 2 rings (SSSR count). The van der Waals surface area contributed by atoms with Gasteiger partial charge < -0.3 is 5.11 Å². The highest BCUT2D eigenvalue weighted by Gasteiger charge is 2.26. The molecule has 0 aromatic carbocycles. The molecule has 0 saturated carbocycles. The third-order valence-electron chi connectivity index (χ3n) is 3.77. The minimum absolute atomic E-state index is 0.0693. The topological polar surface area (TPSA) is 53.4 Å². The fourth-order valence-electron chi connectivity index (χ4n) is 2.73. The number of nitrogens with zero attached hydrogens (tertiary/aromatic N) is 2. The van der Waals surface area contributed by atoms with Gasteiger partial charge in [0, 0.05) is 25.2 Å². The van der Waals surface area contributed by atoms with Crippen LogP contribution in [0.4, 0.5) is 4.39 Å². The van der Waals surface area contributed by atoms with Crippen molar-refractivity contribution in [3.05, 3.63) is 29.8 Å². The van der Waals surface area contributed by atoms with Crippen molar-refractivity contribution in [1.82, 2.24) is 9.88 Å². The molecule has 5 heteroatoms. The molecule has 1 fully saturated rings. The molecule has 1 N–H and O–H groups in total. The van der Waals surface area contributed by atoms with Gasteiger partial charge in [0.15, 0.2) is 0 Å². The van der Waals surface area contributed by atoms with Gasteiger partial charge in [-0.2, -0.15) is 0 Å². The molecule has 0 bridgehead atoms. The van der Waals surface area contributed by atoms with Crippen molar-refractivity contribution in [3.63, 3.8) is 0 Å². The van der Waals surface area contributed by atoms with Crippen molar-refractivity contribution in [2.24, 2.45) is 5.92 Å². The monoisotopic (exact) mass is 266 g/mol. The van der Waals surface area contributed by atoms with E-state index < -0.39 is 5.97 Å². The van der Waals surface area contributed by atoms with Crippen LogP contribution in [0.5, 0.6) is 0 Å². The van der Waals surface area contributed by atoms with Crippen LogP contribution in [0, 0.1) is 11.7 Å². The van der Waals surface area contributed by atoms with Gasteiger partial charge in [-0.3, -0.25) is 14.7 Å². The maximum absolute atomic E-state index is 13.2. The van der Waals surface area contributed by atoms with Crippen LogP contribution in [0.3, 0.4) is 0 Å². The lowest BCUT2D eigenvalue weighted by atomic mass is 9.93. The number of aromatic nitrogens is 1. The van der Waals surface area contributed by atoms with Gasteiger partial charge in [-0.25, -0.2) is 4.39 Å². The number of carbonyl (C=O) groups is 1. The van der Waals surface area contributed by atoms with Gasteiger partial charge in [0.25, 0.3) is 0 Å². The number of hydrogen-bond acceptors (Lipinski definition) is 3. The van der Waals surface area contributed by atoms with E-state index in [0.29, 0.717) is 0 Å². The minimum Gasteiger partial charge on any atom is -0.481 e. The second-order valence-corrected chi connectivity index (χ2v) is 5.21. The summed E-state index contributed by atoms with van der Waals surface area (Å²) in [5.74, 6) is -0.884. The van der Waals surface area contributed by atoms with Crippen LogP contribution in [0.15, 0.2) is 18.5 Å². The molecule has 0 aliphatic carbocycles. The van der Waals surface area contributed by atoms with Crippen LogP contribution >= 0.6 is 0 Å². The molecule has 0 amide bonds. The molecule has 104 valence electrons. The lowest BCUT2D eigenvalue weighted by Gasteiger charge is -2.36. The first-order chi connectivity index (χ1) is 9.06. The van der Waals surface area contributed by atoms with Crippen molar-refractivity contribution in [1.29, 1.82) is 0 Å². The fourth-order valence-corrected chi connectivity index (χ4v) is 2.73. The van der Waals surface area contributed by atoms with Crippen molar-refractivity contribution in [3.8, 4) is 0 Å². The van der Waals surface area contributed by atoms with Gasteiger partial charge in [0.05, 0.1) is 6.20 Å². The molecule has 1 aromatic heterocycles. The van der Waals surface area contributed by atoms with E-state index in [1.807, 2.05) is 6.92 Å². The van der Waals surface area contributed by atoms with E-state index >= 15 is 0 Å². The van der Waals surface area contributed by atoms with E-state index in [1.54, 1.807) is 6.20 Å². The zero-order valence-corrected chi connectivity index (χ0v) is 11.1. The smallest absolute Gasteiger partial charge is 0.303 e. The standard InChI is InChI=1S/C14H19FN2O2/c1-10(12-6-13(15)8-16-7-12)17-4-2-3-11(9-17)5-14(18)19/h6-8,10-11H,2-5,9H2,1H3,(H,18,19). The fraction of sp³-hybridized carbons (Fsp3) is 0.571. The van der Waals surface area contributed by atoms with Crippen molar-refractivity contribution in [2.45, 2.75) is 32.2 Å². The lowest BCUT2D eigenvalue weighted by molar-refractivity contribution is -0.138. The third kappa shape index (κ3) is 3.73. The first kappa shape index (κ1) is 13.9. The number of hydrogen-bond donors (Lipinski definition) is 1. The third-order valence-corrected chi connectivity index (χ3v) is 3.77. The van der Waals surface area contributed by atoms with Crippen LogP contribution < -0.4 is 0 Å². The summed E-state index contributed by atoms with van der Waals surface area (Å²) in [7, 11) is 0. The SMILES string of the molecule is CC(c1cncc(F)c1)N1CCCC(CC(=O)O)C1. The molecule has 4 nitrogen and oxygen atoms in total. The maximum atomic E-state index is 13.2. The Morgan fingerprint density at radius 2 is 2.42 bits per heavy atom. The van der Waals surface area contributed by atoms with Crippen molar-refractivity contribution < 1.29 is 14.3 Å². The molecule has 1 aromatic rings. The minimum atomic E-state index is -0.744. The number of rotatable bonds is 4. The molecule has 1 saturated heterocycles. The highest BCUT2D eigenvalue weighted by Crippen LogP contribution is 2.27. The van der Waals surface area contributed by atoms with E-state index in [0.717, 1.165) is 31.5 Å². The number of carboxylic acid groups (broad SMARTS) is 1. The molecule has 2 heterocycles. The van der Waals surface area contributed by atoms with Crippen LogP contribution in [0.2, 0.25) is 0 Å².